The molecule has 0 aromatic carbocycles. The van der Waals surface area contributed by atoms with E-state index in [0.717, 1.165) is 0 Å². The third-order valence-electron chi connectivity index (χ3n) is 1.61. The lowest BCUT2D eigenvalue weighted by molar-refractivity contribution is -0.139. The molecule has 1 unspecified atom stereocenters. The zero-order valence-electron chi connectivity index (χ0n) is 7.21. The summed E-state index contributed by atoms with van der Waals surface area (Å²) in [5.41, 5.74) is 0. The molecular formula is C7H11N3O3. The smallest absolute Gasteiger partial charge is 0.306 e. The number of hydrogen-bond acceptors (Lipinski definition) is 4. The van der Waals surface area contributed by atoms with E-state index in [4.69, 9.17) is 5.11 Å². The molecule has 0 spiro atoms. The topological polar surface area (TPSA) is 88.2 Å². The molecule has 0 radical (unpaired) electrons. The summed E-state index contributed by atoms with van der Waals surface area (Å²) in [6.07, 6.45) is -0.136. The van der Waals surface area contributed by atoms with Gasteiger partial charge in [-0.2, -0.15) is 5.10 Å². The van der Waals surface area contributed by atoms with Gasteiger partial charge in [0.05, 0.1) is 6.42 Å². The minimum Gasteiger partial charge on any atom is -0.481 e. The Kier molecular flexibility index (Phi) is 2.97. The molecule has 1 aromatic heterocycles. The number of aliphatic hydroxyl groups excluding tert-OH is 1. The number of carboxylic acids is 1. The molecule has 0 bridgehead atoms. The number of hydrogen-bond donors (Lipinski definition) is 2. The van der Waals surface area contributed by atoms with E-state index >= 15 is 0 Å². The molecule has 0 fully saturated rings. The van der Waals surface area contributed by atoms with Crippen LogP contribution in [0.15, 0.2) is 6.33 Å². The molecule has 0 aliphatic heterocycles. The van der Waals surface area contributed by atoms with Crippen LogP contribution in [0.2, 0.25) is 0 Å². The first-order valence-corrected chi connectivity index (χ1v) is 3.92. The quantitative estimate of drug-likeness (QED) is 0.678. The Morgan fingerprint density at radius 2 is 2.46 bits per heavy atom. The van der Waals surface area contributed by atoms with Crippen LogP contribution in [0, 0.1) is 0 Å². The van der Waals surface area contributed by atoms with Gasteiger partial charge in [-0.3, -0.25) is 4.79 Å². The number of nitrogens with zero attached hydrogens (tertiary/aromatic N) is 3. The molecule has 13 heavy (non-hydrogen) atoms. The van der Waals surface area contributed by atoms with Crippen LogP contribution in [0.3, 0.4) is 0 Å². The van der Waals surface area contributed by atoms with Crippen molar-refractivity contribution >= 4 is 5.97 Å². The summed E-state index contributed by atoms with van der Waals surface area (Å²) >= 11 is 0. The number of rotatable bonds is 4. The van der Waals surface area contributed by atoms with E-state index in [9.17, 15) is 9.90 Å². The van der Waals surface area contributed by atoms with E-state index in [2.05, 4.69) is 10.1 Å². The number of aliphatic carboxylic acids is 1. The second kappa shape index (κ2) is 3.99. The summed E-state index contributed by atoms with van der Waals surface area (Å²) in [7, 11) is 0. The highest BCUT2D eigenvalue weighted by Gasteiger charge is 2.17. The van der Waals surface area contributed by atoms with Crippen LogP contribution in [-0.4, -0.2) is 30.9 Å². The van der Waals surface area contributed by atoms with Crippen molar-refractivity contribution in [3.63, 3.8) is 0 Å². The highest BCUT2D eigenvalue weighted by molar-refractivity contribution is 5.67. The molecule has 72 valence electrons. The van der Waals surface area contributed by atoms with E-state index in [1.54, 1.807) is 0 Å². The molecular weight excluding hydrogens is 174 g/mol. The summed E-state index contributed by atoms with van der Waals surface area (Å²) in [5, 5.41) is 21.6. The molecule has 0 saturated carbocycles. The van der Waals surface area contributed by atoms with Crippen molar-refractivity contribution in [2.45, 2.75) is 26.0 Å². The van der Waals surface area contributed by atoms with E-state index < -0.39 is 12.1 Å². The maximum Gasteiger partial charge on any atom is 0.306 e. The van der Waals surface area contributed by atoms with Gasteiger partial charge in [-0.1, -0.05) is 0 Å². The lowest BCUT2D eigenvalue weighted by Gasteiger charge is -2.07. The highest BCUT2D eigenvalue weighted by Crippen LogP contribution is 2.12. The number of carbonyl (C=O) groups is 1. The lowest BCUT2D eigenvalue weighted by atomic mass is 10.2. The lowest BCUT2D eigenvalue weighted by Crippen LogP contribution is -2.12. The summed E-state index contributed by atoms with van der Waals surface area (Å²) < 4.78 is 1.47. The molecule has 1 atom stereocenters. The molecule has 1 heterocycles. The monoisotopic (exact) mass is 185 g/mol. The minimum absolute atomic E-state index is 0.296. The van der Waals surface area contributed by atoms with Crippen molar-refractivity contribution < 1.29 is 15.0 Å². The van der Waals surface area contributed by atoms with Crippen LogP contribution in [0.5, 0.6) is 0 Å². The fourth-order valence-corrected chi connectivity index (χ4v) is 1.03. The number of aryl methyl sites for hydroxylation is 1. The van der Waals surface area contributed by atoms with E-state index in [-0.39, 0.29) is 6.42 Å². The molecule has 0 amide bonds. The predicted molar refractivity (Wildman–Crippen MR) is 42.9 cm³/mol. The Morgan fingerprint density at radius 1 is 1.77 bits per heavy atom. The van der Waals surface area contributed by atoms with Gasteiger partial charge in [-0.25, -0.2) is 9.67 Å². The summed E-state index contributed by atoms with van der Waals surface area (Å²) in [6.45, 7) is 2.40. The predicted octanol–water partition coefficient (Wildman–Crippen LogP) is -0.194. The average Bonchev–Trinajstić information content (AvgIpc) is 2.49. The van der Waals surface area contributed by atoms with E-state index in [1.807, 2.05) is 6.92 Å². The Labute approximate surface area is 74.8 Å². The fraction of sp³-hybridized carbons (Fsp3) is 0.571. The molecule has 6 heteroatoms. The Balaban J connectivity index is 2.75. The molecule has 0 saturated heterocycles. The number of aliphatic hydroxyl groups is 1. The van der Waals surface area contributed by atoms with Gasteiger partial charge in [0.2, 0.25) is 0 Å². The van der Waals surface area contributed by atoms with Gasteiger partial charge in [-0.15, -0.1) is 0 Å². The SMILES string of the molecule is CCn1ncnc1C(O)CC(=O)O. The van der Waals surface area contributed by atoms with Crippen molar-refractivity contribution in [3.05, 3.63) is 12.2 Å². The van der Waals surface area contributed by atoms with Crippen LogP contribution in [0.4, 0.5) is 0 Å². The van der Waals surface area contributed by atoms with Crippen molar-refractivity contribution in [2.75, 3.05) is 0 Å². The van der Waals surface area contributed by atoms with Gasteiger partial charge < -0.3 is 10.2 Å². The minimum atomic E-state index is -1.08. The van der Waals surface area contributed by atoms with Gasteiger partial charge in [-0.05, 0) is 6.92 Å². The molecule has 2 N–H and O–H groups in total. The Bertz CT molecular complexity index is 297. The summed E-state index contributed by atoms with van der Waals surface area (Å²) in [4.78, 5) is 14.1. The zero-order chi connectivity index (χ0) is 9.84. The summed E-state index contributed by atoms with van der Waals surface area (Å²) in [6, 6.07) is 0. The molecule has 6 nitrogen and oxygen atoms in total. The van der Waals surface area contributed by atoms with Crippen LogP contribution in [-0.2, 0) is 11.3 Å². The van der Waals surface area contributed by atoms with Gasteiger partial charge in [0.1, 0.15) is 12.4 Å². The second-order valence-corrected chi connectivity index (χ2v) is 2.55. The maximum absolute atomic E-state index is 10.3. The van der Waals surface area contributed by atoms with Gasteiger partial charge in [0.15, 0.2) is 5.82 Å². The van der Waals surface area contributed by atoms with Gasteiger partial charge >= 0.3 is 5.97 Å². The van der Waals surface area contributed by atoms with Crippen LogP contribution < -0.4 is 0 Å². The first-order valence-electron chi connectivity index (χ1n) is 3.92. The van der Waals surface area contributed by atoms with Crippen LogP contribution in [0.1, 0.15) is 25.3 Å². The Hall–Kier alpha value is -1.43. The molecule has 0 aliphatic carbocycles. The fourth-order valence-electron chi connectivity index (χ4n) is 1.03. The number of aromatic nitrogens is 3. The third-order valence-corrected chi connectivity index (χ3v) is 1.61. The van der Waals surface area contributed by atoms with Crippen molar-refractivity contribution in [1.29, 1.82) is 0 Å². The van der Waals surface area contributed by atoms with E-state index in [0.29, 0.717) is 12.4 Å². The van der Waals surface area contributed by atoms with Gasteiger partial charge in [0.25, 0.3) is 0 Å². The maximum atomic E-state index is 10.3. The van der Waals surface area contributed by atoms with Gasteiger partial charge in [0, 0.05) is 6.54 Å². The van der Waals surface area contributed by atoms with Crippen LogP contribution >= 0.6 is 0 Å². The largest absolute Gasteiger partial charge is 0.481 e. The van der Waals surface area contributed by atoms with Crippen molar-refractivity contribution in [3.8, 4) is 0 Å². The molecule has 1 rings (SSSR count). The first-order chi connectivity index (χ1) is 6.15. The standard InChI is InChI=1S/C7H11N3O3/c1-2-10-7(8-4-9-10)5(11)3-6(12)13/h4-5,11H,2-3H2,1H3,(H,12,13). The normalized spacial score (nSPS) is 12.8. The number of carboxylic acid groups (broad SMARTS) is 1. The Morgan fingerprint density at radius 3 is 3.00 bits per heavy atom. The molecule has 1 aromatic rings. The molecule has 0 aliphatic rings. The average molecular weight is 185 g/mol. The van der Waals surface area contributed by atoms with Crippen molar-refractivity contribution in [1.82, 2.24) is 14.8 Å². The highest BCUT2D eigenvalue weighted by atomic mass is 16.4. The first kappa shape index (κ1) is 9.66. The zero-order valence-corrected chi connectivity index (χ0v) is 7.21. The summed E-state index contributed by atoms with van der Waals surface area (Å²) in [5.74, 6) is -0.761. The second-order valence-electron chi connectivity index (χ2n) is 2.55. The van der Waals surface area contributed by atoms with E-state index in [1.165, 1.54) is 11.0 Å². The van der Waals surface area contributed by atoms with Crippen LogP contribution in [0.25, 0.3) is 0 Å². The third kappa shape index (κ3) is 2.25. The van der Waals surface area contributed by atoms with Crippen molar-refractivity contribution in [2.24, 2.45) is 0 Å².